The largest absolute Gasteiger partial charge is 0.495 e. The Morgan fingerprint density at radius 3 is 2.73 bits per heavy atom. The molecule has 5 heteroatoms. The number of anilines is 1. The predicted molar refractivity (Wildman–Crippen MR) is 65.3 cm³/mol. The van der Waals surface area contributed by atoms with E-state index < -0.39 is 0 Å². The maximum absolute atomic E-state index is 11.4. The molecular formula is C10H12ClNO2S. The van der Waals surface area contributed by atoms with Crippen LogP contribution in [0.2, 0.25) is 5.02 Å². The zero-order chi connectivity index (χ0) is 11.4. The van der Waals surface area contributed by atoms with Crippen molar-refractivity contribution in [3.05, 3.63) is 23.2 Å². The van der Waals surface area contributed by atoms with Gasteiger partial charge in [0.15, 0.2) is 0 Å². The Labute approximate surface area is 99.4 Å². The lowest BCUT2D eigenvalue weighted by molar-refractivity contribution is -0.115. The molecule has 0 aliphatic rings. The second-order valence-electron chi connectivity index (χ2n) is 2.93. The first kappa shape index (κ1) is 12.2. The lowest BCUT2D eigenvalue weighted by atomic mass is 10.3. The van der Waals surface area contributed by atoms with E-state index in [1.807, 2.05) is 0 Å². The topological polar surface area (TPSA) is 29.5 Å². The first-order valence-corrected chi connectivity index (χ1v) is 5.32. The summed E-state index contributed by atoms with van der Waals surface area (Å²) in [6.07, 6.45) is 0. The van der Waals surface area contributed by atoms with Crippen LogP contribution in [0.3, 0.4) is 0 Å². The summed E-state index contributed by atoms with van der Waals surface area (Å²) in [4.78, 5) is 12.9. The third-order valence-electron chi connectivity index (χ3n) is 2.03. The number of hydrogen-bond donors (Lipinski definition) is 1. The Kier molecular flexibility index (Phi) is 4.29. The standard InChI is InChI=1S/C10H12ClNO2S/c1-12(10(13)6-15)7-3-4-9(14-2)8(11)5-7/h3-5,15H,6H2,1-2H3. The lowest BCUT2D eigenvalue weighted by Crippen LogP contribution is -2.27. The molecule has 1 aromatic carbocycles. The number of amides is 1. The molecule has 0 bridgehead atoms. The summed E-state index contributed by atoms with van der Waals surface area (Å²) >= 11 is 9.86. The summed E-state index contributed by atoms with van der Waals surface area (Å²) < 4.78 is 5.02. The molecule has 0 aliphatic heterocycles. The van der Waals surface area contributed by atoms with Crippen LogP contribution in [0.25, 0.3) is 0 Å². The molecule has 0 saturated carbocycles. The first-order valence-electron chi connectivity index (χ1n) is 4.31. The number of methoxy groups -OCH3 is 1. The van der Waals surface area contributed by atoms with Crippen molar-refractivity contribution in [1.29, 1.82) is 0 Å². The number of benzene rings is 1. The maximum atomic E-state index is 11.4. The molecule has 0 saturated heterocycles. The highest BCUT2D eigenvalue weighted by Gasteiger charge is 2.10. The van der Waals surface area contributed by atoms with Crippen molar-refractivity contribution in [3.63, 3.8) is 0 Å². The SMILES string of the molecule is COc1ccc(N(C)C(=O)CS)cc1Cl. The third kappa shape index (κ3) is 2.79. The summed E-state index contributed by atoms with van der Waals surface area (Å²) in [6.45, 7) is 0. The summed E-state index contributed by atoms with van der Waals surface area (Å²) in [5, 5.41) is 0.480. The Morgan fingerprint density at radius 2 is 2.27 bits per heavy atom. The summed E-state index contributed by atoms with van der Waals surface area (Å²) in [5.74, 6) is 0.673. The van der Waals surface area contributed by atoms with E-state index in [-0.39, 0.29) is 11.7 Å². The molecule has 1 aromatic rings. The molecule has 1 amide bonds. The van der Waals surface area contributed by atoms with E-state index in [0.29, 0.717) is 10.8 Å². The van der Waals surface area contributed by atoms with E-state index in [0.717, 1.165) is 5.69 Å². The van der Waals surface area contributed by atoms with Crippen LogP contribution < -0.4 is 9.64 Å². The zero-order valence-electron chi connectivity index (χ0n) is 8.53. The number of carbonyl (C=O) groups excluding carboxylic acids is 1. The second-order valence-corrected chi connectivity index (χ2v) is 3.65. The van der Waals surface area contributed by atoms with Crippen molar-refractivity contribution in [2.24, 2.45) is 0 Å². The van der Waals surface area contributed by atoms with Crippen LogP contribution in [-0.2, 0) is 4.79 Å². The van der Waals surface area contributed by atoms with Gasteiger partial charge in [-0.25, -0.2) is 0 Å². The summed E-state index contributed by atoms with van der Waals surface area (Å²) in [7, 11) is 3.22. The number of halogens is 1. The fraction of sp³-hybridized carbons (Fsp3) is 0.300. The van der Waals surface area contributed by atoms with Gasteiger partial charge in [-0.05, 0) is 18.2 Å². The van der Waals surface area contributed by atoms with Gasteiger partial charge in [-0.3, -0.25) is 4.79 Å². The number of thiol groups is 1. The van der Waals surface area contributed by atoms with E-state index in [1.54, 1.807) is 32.4 Å². The molecule has 0 aromatic heterocycles. The number of ether oxygens (including phenoxy) is 1. The highest BCUT2D eigenvalue weighted by Crippen LogP contribution is 2.28. The molecule has 0 fully saturated rings. The van der Waals surface area contributed by atoms with Gasteiger partial charge in [0.05, 0.1) is 17.9 Å². The molecule has 15 heavy (non-hydrogen) atoms. The van der Waals surface area contributed by atoms with Crippen molar-refractivity contribution in [1.82, 2.24) is 0 Å². The molecule has 0 heterocycles. The number of hydrogen-bond acceptors (Lipinski definition) is 3. The minimum absolute atomic E-state index is 0.0837. The van der Waals surface area contributed by atoms with Crippen LogP contribution in [-0.4, -0.2) is 25.8 Å². The average molecular weight is 246 g/mol. The van der Waals surface area contributed by atoms with Crippen molar-refractivity contribution >= 4 is 35.8 Å². The van der Waals surface area contributed by atoms with Crippen molar-refractivity contribution in [3.8, 4) is 5.75 Å². The molecule has 0 atom stereocenters. The van der Waals surface area contributed by atoms with Crippen LogP contribution in [0.1, 0.15) is 0 Å². The maximum Gasteiger partial charge on any atom is 0.236 e. The van der Waals surface area contributed by atoms with Gasteiger partial charge in [0.1, 0.15) is 5.75 Å². The van der Waals surface area contributed by atoms with Crippen LogP contribution >= 0.6 is 24.2 Å². The van der Waals surface area contributed by atoms with Crippen molar-refractivity contribution < 1.29 is 9.53 Å². The highest BCUT2D eigenvalue weighted by atomic mass is 35.5. The van der Waals surface area contributed by atoms with E-state index >= 15 is 0 Å². The van der Waals surface area contributed by atoms with Crippen LogP contribution in [0.4, 0.5) is 5.69 Å². The van der Waals surface area contributed by atoms with Crippen LogP contribution in [0, 0.1) is 0 Å². The molecule has 0 N–H and O–H groups in total. The quantitative estimate of drug-likeness (QED) is 0.828. The molecule has 0 radical (unpaired) electrons. The number of nitrogens with zero attached hydrogens (tertiary/aromatic N) is 1. The minimum Gasteiger partial charge on any atom is -0.495 e. The predicted octanol–water partition coefficient (Wildman–Crippen LogP) is 2.24. The second kappa shape index (κ2) is 5.28. The van der Waals surface area contributed by atoms with Gasteiger partial charge in [0, 0.05) is 12.7 Å². The Bertz CT molecular complexity index is 370. The molecule has 1 rings (SSSR count). The van der Waals surface area contributed by atoms with Gasteiger partial charge in [-0.1, -0.05) is 11.6 Å². The molecule has 0 unspecified atom stereocenters. The zero-order valence-corrected chi connectivity index (χ0v) is 10.2. The van der Waals surface area contributed by atoms with Gasteiger partial charge in [0.2, 0.25) is 5.91 Å². The lowest BCUT2D eigenvalue weighted by Gasteiger charge is -2.17. The van der Waals surface area contributed by atoms with Crippen molar-refractivity contribution in [2.75, 3.05) is 24.8 Å². The van der Waals surface area contributed by atoms with E-state index in [2.05, 4.69) is 12.6 Å². The molecule has 0 spiro atoms. The summed E-state index contributed by atoms with van der Waals surface area (Å²) in [5.41, 5.74) is 0.722. The highest BCUT2D eigenvalue weighted by molar-refractivity contribution is 7.81. The molecule has 0 aliphatic carbocycles. The van der Waals surface area contributed by atoms with Gasteiger partial charge in [0.25, 0.3) is 0 Å². The van der Waals surface area contributed by atoms with Gasteiger partial charge < -0.3 is 9.64 Å². The van der Waals surface area contributed by atoms with E-state index in [1.165, 1.54) is 4.90 Å². The van der Waals surface area contributed by atoms with Gasteiger partial charge in [-0.15, -0.1) is 0 Å². The first-order chi connectivity index (χ1) is 7.10. The van der Waals surface area contributed by atoms with Crippen molar-refractivity contribution in [2.45, 2.75) is 0 Å². The van der Waals surface area contributed by atoms with E-state index in [4.69, 9.17) is 16.3 Å². The fourth-order valence-corrected chi connectivity index (χ4v) is 1.58. The van der Waals surface area contributed by atoms with Gasteiger partial charge >= 0.3 is 0 Å². The number of carbonyl (C=O) groups is 1. The fourth-order valence-electron chi connectivity index (χ4n) is 1.11. The van der Waals surface area contributed by atoms with Gasteiger partial charge in [-0.2, -0.15) is 12.6 Å². The normalized spacial score (nSPS) is 9.87. The Morgan fingerprint density at radius 1 is 1.60 bits per heavy atom. The van der Waals surface area contributed by atoms with Crippen LogP contribution in [0.5, 0.6) is 5.75 Å². The van der Waals surface area contributed by atoms with Crippen LogP contribution in [0.15, 0.2) is 18.2 Å². The Hall–Kier alpha value is -0.870. The average Bonchev–Trinajstić information content (AvgIpc) is 2.26. The molecule has 82 valence electrons. The molecule has 3 nitrogen and oxygen atoms in total. The Balaban J connectivity index is 2.97. The molecular weight excluding hydrogens is 234 g/mol. The number of rotatable bonds is 3. The smallest absolute Gasteiger partial charge is 0.236 e. The summed E-state index contributed by atoms with van der Waals surface area (Å²) in [6, 6.07) is 5.17. The van der Waals surface area contributed by atoms with E-state index in [9.17, 15) is 4.79 Å². The monoisotopic (exact) mass is 245 g/mol. The minimum atomic E-state index is -0.0837. The third-order valence-corrected chi connectivity index (χ3v) is 2.60.